The second-order valence-corrected chi connectivity index (χ2v) is 5.84. The summed E-state index contributed by atoms with van der Waals surface area (Å²) in [6.45, 7) is 7.95. The molecule has 0 bridgehead atoms. The minimum absolute atomic E-state index is 0.349. The molecule has 0 aliphatic rings. The summed E-state index contributed by atoms with van der Waals surface area (Å²) in [7, 11) is 0. The summed E-state index contributed by atoms with van der Waals surface area (Å²) in [6.07, 6.45) is -0.537. The van der Waals surface area contributed by atoms with Crippen molar-refractivity contribution in [3.05, 3.63) is 64.2 Å². The van der Waals surface area contributed by atoms with Gasteiger partial charge in [0, 0.05) is 6.42 Å². The molecule has 0 aromatic heterocycles. The quantitative estimate of drug-likeness (QED) is 0.907. The Morgan fingerprint density at radius 3 is 2.27 bits per heavy atom. The average molecular weight is 298 g/mol. The molecule has 0 fully saturated rings. The maximum atomic E-state index is 11.5. The monoisotopic (exact) mass is 298 g/mol. The average Bonchev–Trinajstić information content (AvgIpc) is 2.45. The van der Waals surface area contributed by atoms with Crippen molar-refractivity contribution < 1.29 is 14.6 Å². The van der Waals surface area contributed by atoms with Crippen molar-refractivity contribution in [1.82, 2.24) is 0 Å². The van der Waals surface area contributed by atoms with Crippen LogP contribution >= 0.6 is 0 Å². The smallest absolute Gasteiger partial charge is 0.345 e. The Hall–Kier alpha value is -2.29. The first kappa shape index (κ1) is 16.1. The Morgan fingerprint density at radius 2 is 1.68 bits per heavy atom. The predicted molar refractivity (Wildman–Crippen MR) is 87.6 cm³/mol. The molecule has 0 heterocycles. The summed E-state index contributed by atoms with van der Waals surface area (Å²) in [5, 5.41) is 9.45. The van der Waals surface area contributed by atoms with Gasteiger partial charge in [-0.3, -0.25) is 0 Å². The number of hydrogen-bond acceptors (Lipinski definition) is 2. The largest absolute Gasteiger partial charge is 0.478 e. The van der Waals surface area contributed by atoms with E-state index in [1.807, 2.05) is 58.0 Å². The first-order valence-electron chi connectivity index (χ1n) is 7.39. The van der Waals surface area contributed by atoms with Gasteiger partial charge in [0.05, 0.1) is 0 Å². The number of aliphatic carboxylic acids is 1. The fraction of sp³-hybridized carbons (Fsp3) is 0.316. The van der Waals surface area contributed by atoms with Gasteiger partial charge in [-0.1, -0.05) is 35.9 Å². The molecule has 1 N–H and O–H groups in total. The van der Waals surface area contributed by atoms with E-state index < -0.39 is 12.1 Å². The van der Waals surface area contributed by atoms with E-state index in [0.29, 0.717) is 12.2 Å². The van der Waals surface area contributed by atoms with Crippen LogP contribution in [0, 0.1) is 27.7 Å². The molecule has 0 aliphatic carbocycles. The number of carboxylic acids is 1. The zero-order valence-electron chi connectivity index (χ0n) is 13.5. The summed E-state index contributed by atoms with van der Waals surface area (Å²) in [4.78, 5) is 11.5. The van der Waals surface area contributed by atoms with Gasteiger partial charge in [0.25, 0.3) is 0 Å². The Kier molecular flexibility index (Phi) is 4.86. The van der Waals surface area contributed by atoms with Crippen LogP contribution in [0.25, 0.3) is 0 Å². The van der Waals surface area contributed by atoms with Crippen molar-refractivity contribution in [2.24, 2.45) is 0 Å². The molecule has 0 radical (unpaired) electrons. The Labute approximate surface area is 131 Å². The minimum atomic E-state index is -0.945. The van der Waals surface area contributed by atoms with Crippen LogP contribution in [0.3, 0.4) is 0 Å². The van der Waals surface area contributed by atoms with Crippen LogP contribution in [0.5, 0.6) is 5.75 Å². The molecule has 2 aromatic carbocycles. The predicted octanol–water partition coefficient (Wildman–Crippen LogP) is 3.99. The highest BCUT2D eigenvalue weighted by atomic mass is 16.5. The lowest BCUT2D eigenvalue weighted by molar-refractivity contribution is -0.145. The molecule has 1 atom stereocenters. The van der Waals surface area contributed by atoms with Crippen LogP contribution in [0.1, 0.15) is 27.8 Å². The first-order valence-corrected chi connectivity index (χ1v) is 7.39. The Morgan fingerprint density at radius 1 is 1.05 bits per heavy atom. The molecule has 3 nitrogen and oxygen atoms in total. The maximum Gasteiger partial charge on any atom is 0.345 e. The van der Waals surface area contributed by atoms with E-state index in [0.717, 1.165) is 27.8 Å². The van der Waals surface area contributed by atoms with Gasteiger partial charge >= 0.3 is 5.97 Å². The lowest BCUT2D eigenvalue weighted by Gasteiger charge is -2.18. The highest BCUT2D eigenvalue weighted by molar-refractivity contribution is 5.73. The van der Waals surface area contributed by atoms with Gasteiger partial charge < -0.3 is 9.84 Å². The van der Waals surface area contributed by atoms with Crippen molar-refractivity contribution in [3.63, 3.8) is 0 Å². The van der Waals surface area contributed by atoms with Crippen molar-refractivity contribution in [2.75, 3.05) is 0 Å². The van der Waals surface area contributed by atoms with E-state index >= 15 is 0 Å². The fourth-order valence-electron chi connectivity index (χ4n) is 2.39. The number of rotatable bonds is 5. The van der Waals surface area contributed by atoms with E-state index in [9.17, 15) is 9.90 Å². The summed E-state index contributed by atoms with van der Waals surface area (Å²) in [5.74, 6) is -0.295. The number of benzene rings is 2. The third-order valence-corrected chi connectivity index (χ3v) is 3.85. The highest BCUT2D eigenvalue weighted by Crippen LogP contribution is 2.25. The second kappa shape index (κ2) is 6.65. The number of carboxylic acid groups (broad SMARTS) is 1. The third-order valence-electron chi connectivity index (χ3n) is 3.85. The highest BCUT2D eigenvalue weighted by Gasteiger charge is 2.21. The molecule has 2 rings (SSSR count). The van der Waals surface area contributed by atoms with E-state index in [2.05, 4.69) is 6.07 Å². The van der Waals surface area contributed by atoms with E-state index in [-0.39, 0.29) is 0 Å². The molecule has 3 heteroatoms. The second-order valence-electron chi connectivity index (χ2n) is 5.84. The van der Waals surface area contributed by atoms with Gasteiger partial charge in [-0.2, -0.15) is 0 Å². The zero-order valence-corrected chi connectivity index (χ0v) is 13.5. The number of ether oxygens (including phenoxy) is 1. The third kappa shape index (κ3) is 3.88. The van der Waals surface area contributed by atoms with Crippen molar-refractivity contribution in [3.8, 4) is 5.75 Å². The standard InChI is InChI=1S/C19H22O3/c1-12-5-7-16(8-6-12)11-18(19(20)21)22-17-10-13(2)9-14(3)15(17)4/h5-10,18H,11H2,1-4H3,(H,20,21)/t18-/m1/s1. The normalized spacial score (nSPS) is 12.0. The summed E-state index contributed by atoms with van der Waals surface area (Å²) in [6, 6.07) is 11.8. The molecule has 2 aromatic rings. The van der Waals surface area contributed by atoms with Crippen LogP contribution < -0.4 is 4.74 Å². The molecule has 0 amide bonds. The van der Waals surface area contributed by atoms with Gasteiger partial charge in [-0.25, -0.2) is 4.79 Å². The van der Waals surface area contributed by atoms with Gasteiger partial charge in [0.15, 0.2) is 6.10 Å². The van der Waals surface area contributed by atoms with E-state index in [4.69, 9.17) is 4.74 Å². The van der Waals surface area contributed by atoms with E-state index in [1.54, 1.807) is 0 Å². The zero-order chi connectivity index (χ0) is 16.3. The molecular weight excluding hydrogens is 276 g/mol. The number of carbonyl (C=O) groups is 1. The molecule has 0 aliphatic heterocycles. The van der Waals surface area contributed by atoms with Crippen LogP contribution in [0.4, 0.5) is 0 Å². The lowest BCUT2D eigenvalue weighted by atomic mass is 10.0. The van der Waals surface area contributed by atoms with Crippen LogP contribution in [-0.4, -0.2) is 17.2 Å². The lowest BCUT2D eigenvalue weighted by Crippen LogP contribution is -2.29. The molecular formula is C19H22O3. The number of hydrogen-bond donors (Lipinski definition) is 1. The number of aryl methyl sites for hydroxylation is 3. The molecule has 0 unspecified atom stereocenters. The SMILES string of the molecule is Cc1ccc(C[C@@H](Oc2cc(C)cc(C)c2C)C(=O)O)cc1. The van der Waals surface area contributed by atoms with Crippen LogP contribution in [0.15, 0.2) is 36.4 Å². The molecule has 116 valence electrons. The van der Waals surface area contributed by atoms with Crippen molar-refractivity contribution in [1.29, 1.82) is 0 Å². The fourth-order valence-corrected chi connectivity index (χ4v) is 2.39. The van der Waals surface area contributed by atoms with Gasteiger partial charge in [0.2, 0.25) is 0 Å². The van der Waals surface area contributed by atoms with Crippen molar-refractivity contribution in [2.45, 2.75) is 40.2 Å². The van der Waals surface area contributed by atoms with Crippen LogP contribution in [0.2, 0.25) is 0 Å². The first-order chi connectivity index (χ1) is 10.4. The molecule has 22 heavy (non-hydrogen) atoms. The molecule has 0 spiro atoms. The Bertz CT molecular complexity index is 672. The molecule has 0 saturated carbocycles. The summed E-state index contributed by atoms with van der Waals surface area (Å²) < 4.78 is 5.80. The topological polar surface area (TPSA) is 46.5 Å². The maximum absolute atomic E-state index is 11.5. The Balaban J connectivity index is 2.22. The van der Waals surface area contributed by atoms with Gasteiger partial charge in [-0.15, -0.1) is 0 Å². The summed E-state index contributed by atoms with van der Waals surface area (Å²) in [5.41, 5.74) is 5.27. The van der Waals surface area contributed by atoms with Gasteiger partial charge in [0.1, 0.15) is 5.75 Å². The van der Waals surface area contributed by atoms with Gasteiger partial charge in [-0.05, 0) is 56.0 Å². The van der Waals surface area contributed by atoms with Crippen LogP contribution in [-0.2, 0) is 11.2 Å². The minimum Gasteiger partial charge on any atom is -0.478 e. The van der Waals surface area contributed by atoms with E-state index in [1.165, 1.54) is 0 Å². The van der Waals surface area contributed by atoms with Crippen molar-refractivity contribution >= 4 is 5.97 Å². The molecule has 0 saturated heterocycles. The summed E-state index contributed by atoms with van der Waals surface area (Å²) >= 11 is 0.